The number of amides is 1. The van der Waals surface area contributed by atoms with Gasteiger partial charge in [0.05, 0.1) is 6.42 Å². The van der Waals surface area contributed by atoms with Crippen LogP contribution in [-0.2, 0) is 19.6 Å². The predicted octanol–water partition coefficient (Wildman–Crippen LogP) is 0.301. The third kappa shape index (κ3) is 3.94. The number of carboxylic acids is 1. The molecule has 2 rings (SSSR count). The van der Waals surface area contributed by atoms with Gasteiger partial charge >= 0.3 is 5.97 Å². The molecule has 0 spiro atoms. The number of sulfonamides is 1. The Morgan fingerprint density at radius 2 is 1.95 bits per heavy atom. The van der Waals surface area contributed by atoms with Crippen molar-refractivity contribution < 1.29 is 23.1 Å². The fourth-order valence-electron chi connectivity index (χ4n) is 3.53. The van der Waals surface area contributed by atoms with Gasteiger partial charge < -0.3 is 10.0 Å². The third-order valence-corrected chi connectivity index (χ3v) is 5.86. The average Bonchev–Trinajstić information content (AvgIpc) is 2.70. The number of carboxylic acid groups (broad SMARTS) is 1. The lowest BCUT2D eigenvalue weighted by molar-refractivity contribution is -0.142. The van der Waals surface area contributed by atoms with Crippen molar-refractivity contribution in [2.45, 2.75) is 50.2 Å². The fourth-order valence-corrected chi connectivity index (χ4v) is 4.29. The molecule has 1 saturated carbocycles. The van der Waals surface area contributed by atoms with Crippen molar-refractivity contribution >= 4 is 21.9 Å². The molecular formula is C13H22N2O5S. The molecule has 120 valence electrons. The van der Waals surface area contributed by atoms with Crippen LogP contribution >= 0.6 is 0 Å². The van der Waals surface area contributed by atoms with Crippen LogP contribution in [0.2, 0.25) is 0 Å². The number of nitrogens with two attached hydrogens (primary N) is 1. The molecule has 3 N–H and O–H groups in total. The smallest absolute Gasteiger partial charge is 0.303 e. The maximum Gasteiger partial charge on any atom is 0.303 e. The molecule has 8 heteroatoms. The fraction of sp³-hybridized carbons (Fsp3) is 0.846. The van der Waals surface area contributed by atoms with Crippen LogP contribution < -0.4 is 5.14 Å². The Hall–Kier alpha value is -1.15. The Balaban J connectivity index is 2.10. The quantitative estimate of drug-likeness (QED) is 0.756. The summed E-state index contributed by atoms with van der Waals surface area (Å²) in [6.07, 6.45) is 4.45. The van der Waals surface area contributed by atoms with E-state index < -0.39 is 26.7 Å². The van der Waals surface area contributed by atoms with Crippen LogP contribution in [0.5, 0.6) is 0 Å². The minimum atomic E-state index is -3.73. The number of likely N-dealkylation sites (tertiary alicyclic amines) is 1. The molecule has 0 radical (unpaired) electrons. The van der Waals surface area contributed by atoms with Crippen molar-refractivity contribution in [1.29, 1.82) is 0 Å². The van der Waals surface area contributed by atoms with Gasteiger partial charge in [-0.3, -0.25) is 9.59 Å². The van der Waals surface area contributed by atoms with Crippen molar-refractivity contribution in [3.05, 3.63) is 0 Å². The highest BCUT2D eigenvalue weighted by molar-refractivity contribution is 7.89. The van der Waals surface area contributed by atoms with E-state index in [9.17, 15) is 18.0 Å². The highest BCUT2D eigenvalue weighted by Gasteiger charge is 2.42. The van der Waals surface area contributed by atoms with Crippen molar-refractivity contribution in [3.63, 3.8) is 0 Å². The molecule has 1 aliphatic heterocycles. The van der Waals surface area contributed by atoms with E-state index in [1.807, 2.05) is 0 Å². The number of nitrogens with zero attached hydrogens (tertiary/aromatic N) is 1. The summed E-state index contributed by atoms with van der Waals surface area (Å²) < 4.78 is 22.8. The van der Waals surface area contributed by atoms with E-state index in [0.717, 1.165) is 32.1 Å². The van der Waals surface area contributed by atoms with Crippen LogP contribution in [0.25, 0.3) is 0 Å². The lowest BCUT2D eigenvalue weighted by atomic mass is 9.71. The molecule has 0 bridgehead atoms. The number of hydrogen-bond acceptors (Lipinski definition) is 4. The van der Waals surface area contributed by atoms with Gasteiger partial charge in [0.25, 0.3) is 0 Å². The summed E-state index contributed by atoms with van der Waals surface area (Å²) in [6, 6.07) is 0. The summed E-state index contributed by atoms with van der Waals surface area (Å²) >= 11 is 0. The largest absolute Gasteiger partial charge is 0.481 e. The molecule has 1 amide bonds. The van der Waals surface area contributed by atoms with Gasteiger partial charge in [-0.25, -0.2) is 13.6 Å². The molecule has 1 unspecified atom stereocenters. The standard InChI is InChI=1S/C13H22N2O5S/c14-21(19,20)10-6-11(16)15(8-10)9-13(7-12(17)18)4-2-1-3-5-13/h10H,1-9H2,(H,17,18)(H2,14,19,20). The molecule has 2 fully saturated rings. The van der Waals surface area contributed by atoms with Gasteiger partial charge in [0.2, 0.25) is 15.9 Å². The maximum atomic E-state index is 12.0. The Bertz CT molecular complexity index is 525. The topological polar surface area (TPSA) is 118 Å². The van der Waals surface area contributed by atoms with Gasteiger partial charge in [0.1, 0.15) is 5.25 Å². The number of primary sulfonamides is 1. The van der Waals surface area contributed by atoms with Crippen LogP contribution in [0.4, 0.5) is 0 Å². The Morgan fingerprint density at radius 1 is 1.33 bits per heavy atom. The minimum Gasteiger partial charge on any atom is -0.481 e. The first-order chi connectivity index (χ1) is 9.72. The zero-order valence-electron chi connectivity index (χ0n) is 12.0. The number of rotatable bonds is 5. The lowest BCUT2D eigenvalue weighted by Gasteiger charge is -2.39. The van der Waals surface area contributed by atoms with E-state index in [1.54, 1.807) is 0 Å². The first-order valence-electron chi connectivity index (χ1n) is 7.23. The second-order valence-corrected chi connectivity index (χ2v) is 8.17. The van der Waals surface area contributed by atoms with E-state index in [2.05, 4.69) is 0 Å². The van der Waals surface area contributed by atoms with Gasteiger partial charge in [-0.2, -0.15) is 0 Å². The summed E-state index contributed by atoms with van der Waals surface area (Å²) in [6.45, 7) is 0.406. The molecule has 0 aromatic heterocycles. The second kappa shape index (κ2) is 5.92. The molecular weight excluding hydrogens is 296 g/mol. The molecule has 1 aliphatic carbocycles. The van der Waals surface area contributed by atoms with Gasteiger partial charge in [-0.05, 0) is 18.3 Å². The van der Waals surface area contributed by atoms with Crippen LogP contribution in [0, 0.1) is 5.41 Å². The molecule has 1 heterocycles. The number of hydrogen-bond donors (Lipinski definition) is 2. The van der Waals surface area contributed by atoms with E-state index in [0.29, 0.717) is 6.54 Å². The van der Waals surface area contributed by atoms with Crippen molar-refractivity contribution in [1.82, 2.24) is 4.90 Å². The van der Waals surface area contributed by atoms with Crippen LogP contribution in [-0.4, -0.2) is 48.6 Å². The molecule has 21 heavy (non-hydrogen) atoms. The van der Waals surface area contributed by atoms with E-state index in [-0.39, 0.29) is 25.3 Å². The summed E-state index contributed by atoms with van der Waals surface area (Å²) in [5.41, 5.74) is -0.424. The Morgan fingerprint density at radius 3 is 2.43 bits per heavy atom. The van der Waals surface area contributed by atoms with Crippen LogP contribution in [0.1, 0.15) is 44.9 Å². The number of carbonyl (C=O) groups is 2. The summed E-state index contributed by atoms with van der Waals surface area (Å²) in [5, 5.41) is 13.4. The second-order valence-electron chi connectivity index (χ2n) is 6.32. The predicted molar refractivity (Wildman–Crippen MR) is 75.9 cm³/mol. The highest BCUT2D eigenvalue weighted by atomic mass is 32.2. The first-order valence-corrected chi connectivity index (χ1v) is 8.84. The molecule has 2 aliphatic rings. The molecule has 1 atom stereocenters. The zero-order chi connectivity index (χ0) is 15.7. The van der Waals surface area contributed by atoms with Crippen LogP contribution in [0.15, 0.2) is 0 Å². The zero-order valence-corrected chi connectivity index (χ0v) is 12.8. The summed E-state index contributed by atoms with van der Waals surface area (Å²) in [4.78, 5) is 24.6. The highest BCUT2D eigenvalue weighted by Crippen LogP contribution is 2.41. The molecule has 7 nitrogen and oxygen atoms in total. The first kappa shape index (κ1) is 16.2. The normalized spacial score (nSPS) is 26.0. The minimum absolute atomic E-state index is 0.0246. The molecule has 1 saturated heterocycles. The number of aliphatic carboxylic acids is 1. The van der Waals surface area contributed by atoms with Gasteiger partial charge in [0, 0.05) is 19.5 Å². The van der Waals surface area contributed by atoms with E-state index >= 15 is 0 Å². The van der Waals surface area contributed by atoms with Gasteiger partial charge in [-0.15, -0.1) is 0 Å². The van der Waals surface area contributed by atoms with E-state index in [1.165, 1.54) is 4.90 Å². The lowest BCUT2D eigenvalue weighted by Crippen LogP contribution is -2.42. The van der Waals surface area contributed by atoms with Crippen molar-refractivity contribution in [3.8, 4) is 0 Å². The maximum absolute atomic E-state index is 12.0. The van der Waals surface area contributed by atoms with Crippen molar-refractivity contribution in [2.75, 3.05) is 13.1 Å². The third-order valence-electron chi connectivity index (χ3n) is 4.61. The van der Waals surface area contributed by atoms with Crippen LogP contribution in [0.3, 0.4) is 0 Å². The summed E-state index contributed by atoms with van der Waals surface area (Å²) in [5.74, 6) is -1.11. The molecule has 0 aromatic rings. The number of carbonyl (C=O) groups excluding carboxylic acids is 1. The van der Waals surface area contributed by atoms with Crippen molar-refractivity contribution in [2.24, 2.45) is 10.6 Å². The summed E-state index contributed by atoms with van der Waals surface area (Å²) in [7, 11) is -3.73. The van der Waals surface area contributed by atoms with Gasteiger partial charge in [0.15, 0.2) is 0 Å². The molecule has 0 aromatic carbocycles. The van der Waals surface area contributed by atoms with E-state index in [4.69, 9.17) is 10.2 Å². The average molecular weight is 318 g/mol. The Kier molecular flexibility index (Phi) is 4.57. The monoisotopic (exact) mass is 318 g/mol. The SMILES string of the molecule is NS(=O)(=O)C1CC(=O)N(CC2(CC(=O)O)CCCCC2)C1. The Labute approximate surface area is 124 Å². The van der Waals surface area contributed by atoms with Gasteiger partial charge in [-0.1, -0.05) is 19.3 Å².